The number of fused-ring (bicyclic) bond motifs is 1. The van der Waals surface area contributed by atoms with Crippen molar-refractivity contribution in [1.82, 2.24) is 15.5 Å². The average molecular weight is 561 g/mol. The van der Waals surface area contributed by atoms with Gasteiger partial charge in [0.2, 0.25) is 17.6 Å². The molecule has 11 nitrogen and oxygen atoms in total. The third kappa shape index (κ3) is 7.09. The number of amides is 4. The van der Waals surface area contributed by atoms with Crippen LogP contribution in [0.1, 0.15) is 80.6 Å². The summed E-state index contributed by atoms with van der Waals surface area (Å²) >= 11 is 0. The van der Waals surface area contributed by atoms with Crippen LogP contribution < -0.4 is 16.4 Å². The molecule has 3 fully saturated rings. The van der Waals surface area contributed by atoms with E-state index < -0.39 is 53.3 Å². The number of nitrogens with two attached hydrogens (primary N) is 1. The highest BCUT2D eigenvalue weighted by molar-refractivity contribution is 6.38. The van der Waals surface area contributed by atoms with E-state index in [1.807, 2.05) is 13.8 Å². The van der Waals surface area contributed by atoms with E-state index in [-0.39, 0.29) is 41.8 Å². The summed E-state index contributed by atoms with van der Waals surface area (Å²) in [6.45, 7) is 13.0. The molecule has 0 bridgehead atoms. The monoisotopic (exact) mass is 560 g/mol. The molecule has 3 rings (SSSR count). The van der Waals surface area contributed by atoms with E-state index in [0.29, 0.717) is 19.4 Å². The summed E-state index contributed by atoms with van der Waals surface area (Å²) in [6.07, 6.45) is 2.98. The van der Waals surface area contributed by atoms with Gasteiger partial charge in [-0.1, -0.05) is 25.8 Å². The number of primary amides is 1. The highest BCUT2D eigenvalue weighted by atomic mass is 16.6. The summed E-state index contributed by atoms with van der Waals surface area (Å²) in [5.41, 5.74) is 5.08. The van der Waals surface area contributed by atoms with E-state index in [4.69, 9.17) is 10.5 Å². The summed E-state index contributed by atoms with van der Waals surface area (Å²) in [7, 11) is 0. The van der Waals surface area contributed by atoms with Crippen LogP contribution in [0, 0.1) is 23.2 Å². The number of carbonyl (C=O) groups is 6. The van der Waals surface area contributed by atoms with Crippen LogP contribution >= 0.6 is 0 Å². The van der Waals surface area contributed by atoms with Crippen molar-refractivity contribution in [1.29, 1.82) is 0 Å². The van der Waals surface area contributed by atoms with Crippen molar-refractivity contribution < 1.29 is 33.5 Å². The standard InChI is InChI=1S/C29H44N4O7/c1-15(2)13-17(34)11-12-19(31-27(39)40-28(3,4)5)26(38)33-14-18-20(29(18,6)7)22(33)25(37)32-21(16-9-8-10-16)23(35)24(30)36/h13,16,18-22H,8-12,14H2,1-7H3,(H2,30,36)(H,31,39)(H,32,37)/t18?,19-,20?,21?,22?/m0/s1. The lowest BCUT2D eigenvalue weighted by molar-refractivity contribution is -0.144. The van der Waals surface area contributed by atoms with Crippen molar-refractivity contribution in [2.45, 2.75) is 104 Å². The molecule has 0 aromatic heterocycles. The van der Waals surface area contributed by atoms with E-state index in [9.17, 15) is 28.8 Å². The molecular formula is C29H44N4O7. The summed E-state index contributed by atoms with van der Waals surface area (Å²) in [5.74, 6) is -3.44. The molecular weight excluding hydrogens is 516 g/mol. The molecule has 11 heteroatoms. The van der Waals surface area contributed by atoms with Gasteiger partial charge >= 0.3 is 6.09 Å². The third-order valence-electron chi connectivity index (χ3n) is 8.32. The number of carbonyl (C=O) groups excluding carboxylic acids is 6. The lowest BCUT2D eigenvalue weighted by Crippen LogP contribution is -2.59. The largest absolute Gasteiger partial charge is 0.444 e. The maximum Gasteiger partial charge on any atom is 0.408 e. The first-order chi connectivity index (χ1) is 18.4. The minimum absolute atomic E-state index is 0.0112. The number of hydrogen-bond acceptors (Lipinski definition) is 7. The number of Topliss-reactive ketones (excluding diaryl/α,β-unsaturated/α-hetero) is 1. The van der Waals surface area contributed by atoms with Crippen LogP contribution in [0.15, 0.2) is 11.6 Å². The molecule has 4 unspecified atom stereocenters. The van der Waals surface area contributed by atoms with Crippen LogP contribution in [0.5, 0.6) is 0 Å². The van der Waals surface area contributed by atoms with Gasteiger partial charge in [-0.05, 0) is 83.1 Å². The van der Waals surface area contributed by atoms with Crippen LogP contribution in [0.4, 0.5) is 4.79 Å². The number of rotatable bonds is 11. The molecule has 0 spiro atoms. The SMILES string of the molecule is CC(C)=CC(=O)CC[C@H](NC(=O)OC(C)(C)C)C(=O)N1CC2C(C1C(=O)NC(C(=O)C(N)=O)C1CCC1)C2(C)C. The van der Waals surface area contributed by atoms with Crippen molar-refractivity contribution >= 4 is 35.4 Å². The van der Waals surface area contributed by atoms with Gasteiger partial charge in [0.1, 0.15) is 23.7 Å². The molecule has 0 aromatic carbocycles. The maximum absolute atomic E-state index is 13.9. The van der Waals surface area contributed by atoms with Gasteiger partial charge in [-0.2, -0.15) is 0 Å². The highest BCUT2D eigenvalue weighted by Crippen LogP contribution is 2.65. The van der Waals surface area contributed by atoms with Gasteiger partial charge in [0.15, 0.2) is 5.78 Å². The molecule has 0 aromatic rings. The first-order valence-corrected chi connectivity index (χ1v) is 14.1. The fourth-order valence-corrected chi connectivity index (χ4v) is 5.96. The van der Waals surface area contributed by atoms with Gasteiger partial charge in [0.05, 0.1) is 0 Å². The van der Waals surface area contributed by atoms with E-state index in [1.165, 1.54) is 11.0 Å². The number of nitrogens with zero attached hydrogens (tertiary/aromatic N) is 1. The Morgan fingerprint density at radius 3 is 2.20 bits per heavy atom. The first-order valence-electron chi connectivity index (χ1n) is 14.1. The third-order valence-corrected chi connectivity index (χ3v) is 8.32. The Labute approximate surface area is 236 Å². The molecule has 222 valence electrons. The smallest absolute Gasteiger partial charge is 0.408 e. The molecule has 1 heterocycles. The molecule has 0 radical (unpaired) electrons. The topological polar surface area (TPSA) is 165 Å². The lowest BCUT2D eigenvalue weighted by atomic mass is 9.78. The predicted molar refractivity (Wildman–Crippen MR) is 147 cm³/mol. The molecule has 40 heavy (non-hydrogen) atoms. The van der Waals surface area contributed by atoms with Gasteiger partial charge in [-0.15, -0.1) is 0 Å². The molecule has 5 atom stereocenters. The first kappa shape index (κ1) is 31.3. The van der Waals surface area contributed by atoms with Gasteiger partial charge in [0.25, 0.3) is 5.91 Å². The van der Waals surface area contributed by atoms with Crippen LogP contribution in [0.2, 0.25) is 0 Å². The van der Waals surface area contributed by atoms with Gasteiger partial charge in [0, 0.05) is 13.0 Å². The number of likely N-dealkylation sites (tertiary alicyclic amines) is 1. The molecule has 4 N–H and O–H groups in total. The zero-order chi connectivity index (χ0) is 30.2. The summed E-state index contributed by atoms with van der Waals surface area (Å²) < 4.78 is 5.36. The molecule has 2 saturated carbocycles. The number of nitrogens with one attached hydrogen (secondary N) is 2. The zero-order valence-corrected chi connectivity index (χ0v) is 24.7. The Morgan fingerprint density at radius 2 is 1.70 bits per heavy atom. The minimum Gasteiger partial charge on any atom is -0.444 e. The van der Waals surface area contributed by atoms with Gasteiger partial charge in [-0.25, -0.2) is 4.79 Å². The fourth-order valence-electron chi connectivity index (χ4n) is 5.96. The quantitative estimate of drug-likeness (QED) is 0.257. The van der Waals surface area contributed by atoms with Crippen molar-refractivity contribution in [2.24, 2.45) is 28.9 Å². The van der Waals surface area contributed by atoms with Crippen molar-refractivity contribution in [3.05, 3.63) is 11.6 Å². The second-order valence-electron chi connectivity index (χ2n) is 13.2. The second-order valence-corrected chi connectivity index (χ2v) is 13.2. The summed E-state index contributed by atoms with van der Waals surface area (Å²) in [4.78, 5) is 78.3. The van der Waals surface area contributed by atoms with E-state index >= 15 is 0 Å². The highest BCUT2D eigenvalue weighted by Gasteiger charge is 2.69. The van der Waals surface area contributed by atoms with E-state index in [1.54, 1.807) is 34.6 Å². The molecule has 4 amide bonds. The Bertz CT molecular complexity index is 1100. The molecule has 1 aliphatic heterocycles. The number of piperidine rings is 1. The number of ketones is 2. The van der Waals surface area contributed by atoms with Crippen LogP contribution in [-0.4, -0.2) is 70.6 Å². The van der Waals surface area contributed by atoms with Crippen LogP contribution in [-0.2, 0) is 28.7 Å². The molecule has 3 aliphatic rings. The van der Waals surface area contributed by atoms with E-state index in [2.05, 4.69) is 10.6 Å². The Kier molecular flexibility index (Phi) is 9.16. The second kappa shape index (κ2) is 11.7. The maximum atomic E-state index is 13.9. The normalized spacial score (nSPS) is 24.5. The zero-order valence-electron chi connectivity index (χ0n) is 24.7. The fraction of sp³-hybridized carbons (Fsp3) is 0.724. The molecule has 1 saturated heterocycles. The number of ether oxygens (including phenoxy) is 1. The van der Waals surface area contributed by atoms with Crippen LogP contribution in [0.25, 0.3) is 0 Å². The predicted octanol–water partition coefficient (Wildman–Crippen LogP) is 2.02. The average Bonchev–Trinajstić information content (AvgIpc) is 3.12. The molecule has 2 aliphatic carbocycles. The Hall–Kier alpha value is -3.24. The van der Waals surface area contributed by atoms with Gasteiger partial charge < -0.3 is 26.0 Å². The summed E-state index contributed by atoms with van der Waals surface area (Å²) in [5, 5.41) is 5.35. The van der Waals surface area contributed by atoms with Crippen LogP contribution in [0.3, 0.4) is 0 Å². The van der Waals surface area contributed by atoms with Crippen molar-refractivity contribution in [3.63, 3.8) is 0 Å². The van der Waals surface area contributed by atoms with Crippen molar-refractivity contribution in [2.75, 3.05) is 6.54 Å². The minimum atomic E-state index is -1.11. The van der Waals surface area contributed by atoms with E-state index in [0.717, 1.165) is 12.0 Å². The summed E-state index contributed by atoms with van der Waals surface area (Å²) in [6, 6.07) is -3.03. The van der Waals surface area contributed by atoms with Crippen molar-refractivity contribution in [3.8, 4) is 0 Å². The Balaban J connectivity index is 1.84. The lowest BCUT2D eigenvalue weighted by Gasteiger charge is -2.36. The Morgan fingerprint density at radius 1 is 1.07 bits per heavy atom. The number of hydrogen-bond donors (Lipinski definition) is 3. The van der Waals surface area contributed by atoms with Gasteiger partial charge in [-0.3, -0.25) is 24.0 Å². The number of alkyl carbamates (subject to hydrolysis) is 1. The number of allylic oxidation sites excluding steroid dienone is 2.